The van der Waals surface area contributed by atoms with Crippen LogP contribution in [0.5, 0.6) is 0 Å². The molecule has 1 fully saturated rings. The number of nitrogens with zero attached hydrogens (tertiary/aromatic N) is 2. The summed E-state index contributed by atoms with van der Waals surface area (Å²) in [6.07, 6.45) is -0.0787. The van der Waals surface area contributed by atoms with Gasteiger partial charge in [0.15, 0.2) is 0 Å². The monoisotopic (exact) mass is 271 g/mol. The molecule has 0 aliphatic carbocycles. The number of carbonyl (C=O) groups is 1. The van der Waals surface area contributed by atoms with Crippen molar-refractivity contribution in [3.63, 3.8) is 0 Å². The van der Waals surface area contributed by atoms with Gasteiger partial charge in [0.1, 0.15) is 5.69 Å². The van der Waals surface area contributed by atoms with Crippen molar-refractivity contribution >= 4 is 5.91 Å². The van der Waals surface area contributed by atoms with Gasteiger partial charge in [-0.15, -0.1) is 0 Å². The third-order valence-corrected chi connectivity index (χ3v) is 3.64. The second-order valence-corrected chi connectivity index (χ2v) is 5.08. The summed E-state index contributed by atoms with van der Waals surface area (Å²) in [5.74, 6) is 0.117. The molecule has 2 atom stereocenters. The van der Waals surface area contributed by atoms with Crippen LogP contribution >= 0.6 is 0 Å². The molecule has 4 nitrogen and oxygen atoms in total. The highest BCUT2D eigenvalue weighted by Crippen LogP contribution is 2.24. The first-order valence-corrected chi connectivity index (χ1v) is 6.47. The van der Waals surface area contributed by atoms with Gasteiger partial charge in [0, 0.05) is 18.8 Å². The van der Waals surface area contributed by atoms with Crippen molar-refractivity contribution in [2.45, 2.75) is 32.4 Å². The minimum atomic E-state index is -2.47. The average molecular weight is 271 g/mol. The van der Waals surface area contributed by atoms with E-state index in [-0.39, 0.29) is 11.9 Å². The third-order valence-electron chi connectivity index (χ3n) is 3.64. The molecule has 2 heterocycles. The molecule has 2 rings (SSSR count). The maximum atomic E-state index is 12.4. The first-order valence-electron chi connectivity index (χ1n) is 6.47. The van der Waals surface area contributed by atoms with Crippen molar-refractivity contribution < 1.29 is 13.6 Å². The average Bonchev–Trinajstić information content (AvgIpc) is 2.94. The van der Waals surface area contributed by atoms with Crippen molar-refractivity contribution in [1.29, 1.82) is 0 Å². The number of hydrogen-bond donors (Lipinski definition) is 1. The largest absolute Gasteiger partial charge is 0.338 e. The Morgan fingerprint density at radius 2 is 2.32 bits per heavy atom. The number of amides is 1. The molecule has 1 aliphatic heterocycles. The number of carbonyl (C=O) groups excluding carboxylic acids is 1. The van der Waals surface area contributed by atoms with Gasteiger partial charge in [0.05, 0.1) is 6.54 Å². The van der Waals surface area contributed by atoms with Gasteiger partial charge in [0.2, 0.25) is 0 Å². The Morgan fingerprint density at radius 3 is 2.89 bits per heavy atom. The van der Waals surface area contributed by atoms with Crippen LogP contribution in [0.4, 0.5) is 8.78 Å². The number of alkyl halides is 2. The maximum absolute atomic E-state index is 12.4. The Morgan fingerprint density at radius 1 is 1.58 bits per heavy atom. The third kappa shape index (κ3) is 2.94. The summed E-state index contributed by atoms with van der Waals surface area (Å²) < 4.78 is 26.2. The minimum Gasteiger partial charge on any atom is -0.338 e. The molecular weight excluding hydrogens is 252 g/mol. The Kier molecular flexibility index (Phi) is 4.19. The Balaban J connectivity index is 2.14. The molecule has 2 N–H and O–H groups in total. The standard InChI is InChI=1S/C13H19F2N3O/c1-9-5-10(6-16)7-18(9)13(19)11-3-2-4-17(11)8-12(14)15/h2-4,9-10,12H,5-8,16H2,1H3. The topological polar surface area (TPSA) is 51.3 Å². The number of nitrogens with two attached hydrogens (primary N) is 1. The van der Waals surface area contributed by atoms with Crippen LogP contribution in [-0.4, -0.2) is 40.9 Å². The van der Waals surface area contributed by atoms with Crippen LogP contribution in [0, 0.1) is 5.92 Å². The molecule has 2 unspecified atom stereocenters. The van der Waals surface area contributed by atoms with Crippen LogP contribution in [0.1, 0.15) is 23.8 Å². The van der Waals surface area contributed by atoms with Gasteiger partial charge in [-0.3, -0.25) is 4.79 Å². The molecule has 6 heteroatoms. The Labute approximate surface area is 111 Å². The zero-order valence-electron chi connectivity index (χ0n) is 10.9. The van der Waals surface area contributed by atoms with Crippen LogP contribution in [-0.2, 0) is 6.54 Å². The lowest BCUT2D eigenvalue weighted by Crippen LogP contribution is -2.35. The van der Waals surface area contributed by atoms with E-state index in [1.54, 1.807) is 17.0 Å². The minimum absolute atomic E-state index is 0.107. The Hall–Kier alpha value is -1.43. The number of halogens is 2. The van der Waals surface area contributed by atoms with E-state index in [1.165, 1.54) is 10.8 Å². The molecule has 1 amide bonds. The summed E-state index contributed by atoms with van der Waals surface area (Å²) in [6, 6.07) is 3.32. The second-order valence-electron chi connectivity index (χ2n) is 5.08. The first-order chi connectivity index (χ1) is 9.02. The van der Waals surface area contributed by atoms with Gasteiger partial charge in [0.25, 0.3) is 12.3 Å². The van der Waals surface area contributed by atoms with Crippen molar-refractivity contribution in [1.82, 2.24) is 9.47 Å². The summed E-state index contributed by atoms with van der Waals surface area (Å²) in [5, 5.41) is 0. The van der Waals surface area contributed by atoms with Gasteiger partial charge < -0.3 is 15.2 Å². The predicted octanol–water partition coefficient (Wildman–Crippen LogP) is 1.56. The summed E-state index contributed by atoms with van der Waals surface area (Å²) in [5.41, 5.74) is 5.95. The molecule has 0 radical (unpaired) electrons. The van der Waals surface area contributed by atoms with E-state index in [1.807, 2.05) is 6.92 Å². The zero-order chi connectivity index (χ0) is 14.0. The molecule has 0 bridgehead atoms. The fraction of sp³-hybridized carbons (Fsp3) is 0.615. The van der Waals surface area contributed by atoms with E-state index >= 15 is 0 Å². The van der Waals surface area contributed by atoms with Gasteiger partial charge in [-0.1, -0.05) is 0 Å². The van der Waals surface area contributed by atoms with Crippen molar-refractivity contribution in [2.75, 3.05) is 13.1 Å². The number of aromatic nitrogens is 1. The maximum Gasteiger partial charge on any atom is 0.270 e. The van der Waals surface area contributed by atoms with Gasteiger partial charge in [-0.25, -0.2) is 8.78 Å². The molecular formula is C13H19F2N3O. The molecule has 19 heavy (non-hydrogen) atoms. The summed E-state index contributed by atoms with van der Waals surface area (Å²) >= 11 is 0. The van der Waals surface area contributed by atoms with Crippen LogP contribution in [0.3, 0.4) is 0 Å². The zero-order valence-corrected chi connectivity index (χ0v) is 10.9. The molecule has 1 aliphatic rings. The van der Waals surface area contributed by atoms with E-state index < -0.39 is 13.0 Å². The molecule has 1 aromatic rings. The molecule has 106 valence electrons. The fourth-order valence-electron chi connectivity index (χ4n) is 2.66. The molecule has 0 spiro atoms. The van der Waals surface area contributed by atoms with Crippen LogP contribution in [0.15, 0.2) is 18.3 Å². The van der Waals surface area contributed by atoms with Gasteiger partial charge in [-0.05, 0) is 37.9 Å². The lowest BCUT2D eigenvalue weighted by Gasteiger charge is -2.22. The number of likely N-dealkylation sites (tertiary alicyclic amines) is 1. The number of rotatable bonds is 4. The van der Waals surface area contributed by atoms with Gasteiger partial charge >= 0.3 is 0 Å². The van der Waals surface area contributed by atoms with Crippen LogP contribution < -0.4 is 5.73 Å². The van der Waals surface area contributed by atoms with E-state index in [0.717, 1.165) is 6.42 Å². The highest BCUT2D eigenvalue weighted by atomic mass is 19.3. The molecule has 1 aromatic heterocycles. The van der Waals surface area contributed by atoms with Crippen LogP contribution in [0.25, 0.3) is 0 Å². The Bertz CT molecular complexity index is 447. The summed E-state index contributed by atoms with van der Waals surface area (Å²) in [4.78, 5) is 14.1. The second kappa shape index (κ2) is 5.69. The van der Waals surface area contributed by atoms with Crippen LogP contribution in [0.2, 0.25) is 0 Å². The molecule has 0 aromatic carbocycles. The lowest BCUT2D eigenvalue weighted by atomic mass is 10.1. The van der Waals surface area contributed by atoms with E-state index in [0.29, 0.717) is 24.7 Å². The van der Waals surface area contributed by atoms with E-state index in [4.69, 9.17) is 5.73 Å². The molecule has 1 saturated heterocycles. The summed E-state index contributed by atoms with van der Waals surface area (Å²) in [6.45, 7) is 2.67. The number of hydrogen-bond acceptors (Lipinski definition) is 2. The fourth-order valence-corrected chi connectivity index (χ4v) is 2.66. The lowest BCUT2D eigenvalue weighted by molar-refractivity contribution is 0.0723. The molecule has 0 saturated carbocycles. The highest BCUT2D eigenvalue weighted by molar-refractivity contribution is 5.93. The smallest absolute Gasteiger partial charge is 0.270 e. The van der Waals surface area contributed by atoms with Gasteiger partial charge in [-0.2, -0.15) is 0 Å². The predicted molar refractivity (Wildman–Crippen MR) is 68.1 cm³/mol. The quantitative estimate of drug-likeness (QED) is 0.903. The highest BCUT2D eigenvalue weighted by Gasteiger charge is 2.33. The van der Waals surface area contributed by atoms with Crippen molar-refractivity contribution in [3.05, 3.63) is 24.0 Å². The van der Waals surface area contributed by atoms with E-state index in [2.05, 4.69) is 0 Å². The SMILES string of the molecule is CC1CC(CN)CN1C(=O)c1cccn1CC(F)F. The van der Waals surface area contributed by atoms with Crippen molar-refractivity contribution in [2.24, 2.45) is 11.7 Å². The van der Waals surface area contributed by atoms with E-state index in [9.17, 15) is 13.6 Å². The first kappa shape index (κ1) is 14.0. The summed E-state index contributed by atoms with van der Waals surface area (Å²) in [7, 11) is 0. The van der Waals surface area contributed by atoms with Crippen molar-refractivity contribution in [3.8, 4) is 0 Å². The normalized spacial score (nSPS) is 23.3.